The quantitative estimate of drug-likeness (QED) is 0.605. The molecule has 0 spiro atoms. The van der Waals surface area contributed by atoms with E-state index in [1.165, 1.54) is 12.1 Å². The molecule has 2 aromatic heterocycles. The van der Waals surface area contributed by atoms with Gasteiger partial charge in [-0.2, -0.15) is 4.98 Å². The van der Waals surface area contributed by atoms with Gasteiger partial charge in [0.2, 0.25) is 5.89 Å². The Kier molecular flexibility index (Phi) is 4.08. The maximum Gasteiger partial charge on any atom is 0.276 e. The number of nitrogens with zero attached hydrogens (tertiary/aromatic N) is 4. The second-order valence-corrected chi connectivity index (χ2v) is 3.97. The summed E-state index contributed by atoms with van der Waals surface area (Å²) in [7, 11) is 0. The zero-order valence-electron chi connectivity index (χ0n) is 11.1. The Balaban J connectivity index is 2.15. The van der Waals surface area contributed by atoms with Gasteiger partial charge in [0.25, 0.3) is 5.69 Å². The fourth-order valence-corrected chi connectivity index (χ4v) is 1.57. The van der Waals surface area contributed by atoms with Gasteiger partial charge in [-0.05, 0) is 6.92 Å². The highest BCUT2D eigenvalue weighted by atomic mass is 16.6. The van der Waals surface area contributed by atoms with Crippen LogP contribution in [0.5, 0.6) is 0 Å². The minimum atomic E-state index is -0.466. The van der Waals surface area contributed by atoms with Crippen LogP contribution in [0, 0.1) is 17.0 Å². The van der Waals surface area contributed by atoms with Gasteiger partial charge >= 0.3 is 0 Å². The van der Waals surface area contributed by atoms with Crippen LogP contribution in [-0.4, -0.2) is 26.6 Å². The zero-order chi connectivity index (χ0) is 14.5. The number of aromatic nitrogens is 3. The van der Waals surface area contributed by atoms with Gasteiger partial charge in [0.15, 0.2) is 5.82 Å². The summed E-state index contributed by atoms with van der Waals surface area (Å²) in [5, 5.41) is 20.5. The van der Waals surface area contributed by atoms with E-state index in [0.717, 1.165) is 0 Å². The Labute approximate surface area is 114 Å². The van der Waals surface area contributed by atoms with Gasteiger partial charge < -0.3 is 15.2 Å². The molecule has 2 heterocycles. The van der Waals surface area contributed by atoms with E-state index in [-0.39, 0.29) is 12.2 Å². The van der Waals surface area contributed by atoms with E-state index < -0.39 is 4.92 Å². The molecule has 0 aromatic carbocycles. The van der Waals surface area contributed by atoms with Gasteiger partial charge in [-0.3, -0.25) is 10.1 Å². The van der Waals surface area contributed by atoms with Gasteiger partial charge in [0.05, 0.1) is 23.6 Å². The number of pyridine rings is 1. The van der Waals surface area contributed by atoms with Gasteiger partial charge in [-0.25, -0.2) is 4.98 Å². The highest BCUT2D eigenvalue weighted by Gasteiger charge is 2.11. The summed E-state index contributed by atoms with van der Waals surface area (Å²) in [4.78, 5) is 18.6. The standard InChI is InChI=1S/C11H14N6O3/c1-3-12-9-4-8(17(18)19)5-10(15-9)13-6-11-14-7(2)20-16-11/h4-5H,3,6H2,1-2H3,(H2,12,13,15). The molecular formula is C11H14N6O3. The summed E-state index contributed by atoms with van der Waals surface area (Å²) in [6, 6.07) is 2.74. The van der Waals surface area contributed by atoms with E-state index in [2.05, 4.69) is 25.8 Å². The molecule has 9 heteroatoms. The number of aryl methyl sites for hydroxylation is 1. The molecule has 20 heavy (non-hydrogen) atoms. The van der Waals surface area contributed by atoms with Gasteiger partial charge in [0.1, 0.15) is 11.6 Å². The molecule has 0 radical (unpaired) electrons. The van der Waals surface area contributed by atoms with Crippen LogP contribution >= 0.6 is 0 Å². The second kappa shape index (κ2) is 5.95. The van der Waals surface area contributed by atoms with Crippen molar-refractivity contribution in [1.29, 1.82) is 0 Å². The summed E-state index contributed by atoms with van der Waals surface area (Å²) >= 11 is 0. The van der Waals surface area contributed by atoms with Crippen molar-refractivity contribution in [1.82, 2.24) is 15.1 Å². The normalized spacial score (nSPS) is 10.3. The van der Waals surface area contributed by atoms with E-state index in [0.29, 0.717) is 29.9 Å². The third kappa shape index (κ3) is 3.40. The molecule has 0 bridgehead atoms. The summed E-state index contributed by atoms with van der Waals surface area (Å²) in [5.41, 5.74) is -0.0391. The van der Waals surface area contributed by atoms with Gasteiger partial charge in [-0.1, -0.05) is 5.16 Å². The Morgan fingerprint density at radius 2 is 2.00 bits per heavy atom. The van der Waals surface area contributed by atoms with Crippen LogP contribution in [0.15, 0.2) is 16.7 Å². The maximum atomic E-state index is 10.9. The first-order valence-electron chi connectivity index (χ1n) is 6.02. The largest absolute Gasteiger partial charge is 0.370 e. The number of hydrogen-bond acceptors (Lipinski definition) is 8. The molecule has 0 aliphatic heterocycles. The molecule has 2 N–H and O–H groups in total. The molecule has 9 nitrogen and oxygen atoms in total. The molecule has 0 unspecified atom stereocenters. The topological polar surface area (TPSA) is 119 Å². The van der Waals surface area contributed by atoms with Crippen molar-refractivity contribution >= 4 is 17.3 Å². The fraction of sp³-hybridized carbons (Fsp3) is 0.364. The number of anilines is 2. The lowest BCUT2D eigenvalue weighted by Crippen LogP contribution is -2.06. The third-order valence-corrected chi connectivity index (χ3v) is 2.38. The Morgan fingerprint density at radius 1 is 1.30 bits per heavy atom. The van der Waals surface area contributed by atoms with E-state index in [1.54, 1.807) is 6.92 Å². The van der Waals surface area contributed by atoms with Gasteiger partial charge in [0, 0.05) is 13.5 Å². The maximum absolute atomic E-state index is 10.9. The van der Waals surface area contributed by atoms with Crippen LogP contribution in [0.4, 0.5) is 17.3 Å². The van der Waals surface area contributed by atoms with Crippen LogP contribution in [-0.2, 0) is 6.54 Å². The Bertz CT molecular complexity index is 612. The molecular weight excluding hydrogens is 264 g/mol. The Morgan fingerprint density at radius 3 is 2.55 bits per heavy atom. The number of nitro groups is 1. The lowest BCUT2D eigenvalue weighted by Gasteiger charge is -2.07. The molecule has 0 saturated carbocycles. The molecule has 0 amide bonds. The summed E-state index contributed by atoms with van der Waals surface area (Å²) < 4.78 is 4.84. The van der Waals surface area contributed by atoms with E-state index in [9.17, 15) is 10.1 Å². The lowest BCUT2D eigenvalue weighted by atomic mass is 10.3. The minimum absolute atomic E-state index is 0.0391. The SMILES string of the molecule is CCNc1cc([N+](=O)[O-])cc(NCc2noc(C)n2)n1. The summed E-state index contributed by atoms with van der Waals surface area (Å²) in [6.07, 6.45) is 0. The van der Waals surface area contributed by atoms with Crippen LogP contribution in [0.25, 0.3) is 0 Å². The summed E-state index contributed by atoms with van der Waals surface area (Å²) in [5.74, 6) is 1.73. The average Bonchev–Trinajstić information content (AvgIpc) is 2.82. The van der Waals surface area contributed by atoms with E-state index >= 15 is 0 Å². The van der Waals surface area contributed by atoms with Crippen molar-refractivity contribution < 1.29 is 9.45 Å². The number of nitrogens with one attached hydrogen (secondary N) is 2. The van der Waals surface area contributed by atoms with Crippen molar-refractivity contribution in [3.8, 4) is 0 Å². The van der Waals surface area contributed by atoms with Gasteiger partial charge in [-0.15, -0.1) is 0 Å². The summed E-state index contributed by atoms with van der Waals surface area (Å²) in [6.45, 7) is 4.47. The average molecular weight is 278 g/mol. The number of rotatable bonds is 6. The van der Waals surface area contributed by atoms with Crippen molar-refractivity contribution in [3.63, 3.8) is 0 Å². The van der Waals surface area contributed by atoms with Crippen molar-refractivity contribution in [2.45, 2.75) is 20.4 Å². The van der Waals surface area contributed by atoms with Crippen LogP contribution in [0.1, 0.15) is 18.6 Å². The molecule has 0 fully saturated rings. The predicted molar refractivity (Wildman–Crippen MR) is 71.4 cm³/mol. The highest BCUT2D eigenvalue weighted by molar-refractivity contribution is 5.54. The smallest absolute Gasteiger partial charge is 0.276 e. The molecule has 2 aromatic rings. The van der Waals surface area contributed by atoms with Crippen molar-refractivity contribution in [3.05, 3.63) is 34.0 Å². The second-order valence-electron chi connectivity index (χ2n) is 3.97. The van der Waals surface area contributed by atoms with E-state index in [4.69, 9.17) is 4.52 Å². The first kappa shape index (κ1) is 13.7. The molecule has 0 aliphatic carbocycles. The van der Waals surface area contributed by atoms with Crippen molar-refractivity contribution in [2.24, 2.45) is 0 Å². The third-order valence-electron chi connectivity index (χ3n) is 2.38. The molecule has 0 aliphatic rings. The molecule has 106 valence electrons. The zero-order valence-corrected chi connectivity index (χ0v) is 11.1. The Hall–Kier alpha value is -2.71. The molecule has 2 rings (SSSR count). The first-order chi connectivity index (χ1) is 9.58. The number of hydrogen-bond donors (Lipinski definition) is 2. The van der Waals surface area contributed by atoms with E-state index in [1.807, 2.05) is 6.92 Å². The highest BCUT2D eigenvalue weighted by Crippen LogP contribution is 2.20. The van der Waals surface area contributed by atoms with Crippen LogP contribution in [0.3, 0.4) is 0 Å². The minimum Gasteiger partial charge on any atom is -0.370 e. The fourth-order valence-electron chi connectivity index (χ4n) is 1.57. The predicted octanol–water partition coefficient (Wildman–Crippen LogP) is 1.73. The monoisotopic (exact) mass is 278 g/mol. The first-order valence-corrected chi connectivity index (χ1v) is 6.02. The molecule has 0 atom stereocenters. The lowest BCUT2D eigenvalue weighted by molar-refractivity contribution is -0.384. The van der Waals surface area contributed by atoms with Crippen LogP contribution < -0.4 is 10.6 Å². The van der Waals surface area contributed by atoms with Crippen molar-refractivity contribution in [2.75, 3.05) is 17.2 Å². The molecule has 0 saturated heterocycles. The van der Waals surface area contributed by atoms with Crippen LogP contribution in [0.2, 0.25) is 0 Å².